The summed E-state index contributed by atoms with van der Waals surface area (Å²) < 4.78 is 11.3. The van der Waals surface area contributed by atoms with Gasteiger partial charge in [-0.2, -0.15) is 0 Å². The summed E-state index contributed by atoms with van der Waals surface area (Å²) in [6.07, 6.45) is 1.42. The number of amides is 4. The number of ether oxygens (including phenoxy) is 2. The molecule has 0 spiro atoms. The topological polar surface area (TPSA) is 84.9 Å². The largest absolute Gasteiger partial charge is 0.493 e. The highest BCUT2D eigenvalue weighted by Gasteiger charge is 2.37. The number of nitrogens with zero attached hydrogens (tertiary/aromatic N) is 1. The van der Waals surface area contributed by atoms with Crippen molar-refractivity contribution in [3.8, 4) is 11.5 Å². The maximum absolute atomic E-state index is 13.1. The van der Waals surface area contributed by atoms with Gasteiger partial charge in [-0.25, -0.2) is 9.69 Å². The highest BCUT2D eigenvalue weighted by atomic mass is 35.5. The molecule has 1 heterocycles. The predicted molar refractivity (Wildman–Crippen MR) is 129 cm³/mol. The molecule has 1 aliphatic rings. The number of barbiturate groups is 1. The second-order valence-electron chi connectivity index (χ2n) is 7.57. The van der Waals surface area contributed by atoms with Crippen LogP contribution in [0.3, 0.4) is 0 Å². The molecule has 7 nitrogen and oxygen atoms in total. The number of halogens is 1. The Morgan fingerprint density at radius 1 is 0.971 bits per heavy atom. The molecular formula is C26H21ClN2O5. The Labute approximate surface area is 201 Å². The lowest BCUT2D eigenvalue weighted by atomic mass is 10.1. The van der Waals surface area contributed by atoms with Crippen LogP contribution < -0.4 is 19.7 Å². The quantitative estimate of drug-likeness (QED) is 0.404. The van der Waals surface area contributed by atoms with Gasteiger partial charge >= 0.3 is 6.03 Å². The van der Waals surface area contributed by atoms with Gasteiger partial charge in [0.2, 0.25) is 0 Å². The highest BCUT2D eigenvalue weighted by Crippen LogP contribution is 2.31. The first kappa shape index (κ1) is 23.1. The van der Waals surface area contributed by atoms with Gasteiger partial charge in [0.1, 0.15) is 12.2 Å². The maximum Gasteiger partial charge on any atom is 0.335 e. The Bertz CT molecular complexity index is 1300. The fourth-order valence-corrected chi connectivity index (χ4v) is 3.62. The number of aryl methyl sites for hydroxylation is 1. The van der Waals surface area contributed by atoms with Gasteiger partial charge in [0.15, 0.2) is 11.5 Å². The van der Waals surface area contributed by atoms with Gasteiger partial charge in [0, 0.05) is 5.02 Å². The molecule has 172 valence electrons. The molecule has 0 bridgehead atoms. The summed E-state index contributed by atoms with van der Waals surface area (Å²) in [5.74, 6) is -0.540. The third kappa shape index (κ3) is 4.79. The van der Waals surface area contributed by atoms with Crippen LogP contribution in [0.25, 0.3) is 6.08 Å². The molecule has 0 radical (unpaired) electrons. The lowest BCUT2D eigenvalue weighted by Crippen LogP contribution is -2.54. The second-order valence-corrected chi connectivity index (χ2v) is 8.01. The second kappa shape index (κ2) is 9.80. The molecule has 1 N–H and O–H groups in total. The van der Waals surface area contributed by atoms with Crippen LogP contribution in [0.1, 0.15) is 16.7 Å². The van der Waals surface area contributed by atoms with E-state index in [1.54, 1.807) is 61.5 Å². The fourth-order valence-electron chi connectivity index (χ4n) is 3.49. The average molecular weight is 477 g/mol. The van der Waals surface area contributed by atoms with Crippen molar-refractivity contribution >= 4 is 41.2 Å². The number of urea groups is 1. The standard InChI is InChI=1S/C26H21ClN2O5/c1-16-5-3-4-6-21(16)29-25(31)20(24(30)28-26(29)32)13-18-9-12-22(23(14-18)33-2)34-15-17-7-10-19(27)11-8-17/h3-14H,15H2,1-2H3,(H,28,30,32)/b20-13+. The van der Waals surface area contributed by atoms with E-state index in [1.807, 2.05) is 12.1 Å². The lowest BCUT2D eigenvalue weighted by molar-refractivity contribution is -0.122. The Kier molecular flexibility index (Phi) is 6.65. The number of para-hydroxylation sites is 1. The molecule has 1 saturated heterocycles. The van der Waals surface area contributed by atoms with Crippen LogP contribution in [-0.4, -0.2) is 25.0 Å². The number of benzene rings is 3. The van der Waals surface area contributed by atoms with Crippen molar-refractivity contribution in [2.45, 2.75) is 13.5 Å². The summed E-state index contributed by atoms with van der Waals surface area (Å²) in [6, 6.07) is 18.5. The zero-order chi connectivity index (χ0) is 24.2. The van der Waals surface area contributed by atoms with Crippen LogP contribution in [0.2, 0.25) is 5.02 Å². The molecular weight excluding hydrogens is 456 g/mol. The predicted octanol–water partition coefficient (Wildman–Crippen LogP) is 4.90. The van der Waals surface area contributed by atoms with Crippen LogP contribution in [0, 0.1) is 6.92 Å². The fraction of sp³-hybridized carbons (Fsp3) is 0.115. The zero-order valence-corrected chi connectivity index (χ0v) is 19.3. The maximum atomic E-state index is 13.1. The first-order valence-electron chi connectivity index (χ1n) is 10.4. The first-order chi connectivity index (χ1) is 16.4. The van der Waals surface area contributed by atoms with Crippen LogP contribution in [0.4, 0.5) is 10.5 Å². The minimum atomic E-state index is -0.787. The molecule has 0 saturated carbocycles. The van der Waals surface area contributed by atoms with Gasteiger partial charge in [-0.1, -0.05) is 48.0 Å². The molecule has 4 amide bonds. The molecule has 0 aliphatic carbocycles. The number of methoxy groups -OCH3 is 1. The number of carbonyl (C=O) groups excluding carboxylic acids is 3. The Morgan fingerprint density at radius 3 is 2.41 bits per heavy atom. The van der Waals surface area contributed by atoms with Crippen molar-refractivity contribution in [3.63, 3.8) is 0 Å². The summed E-state index contributed by atoms with van der Waals surface area (Å²) in [4.78, 5) is 39.0. The van der Waals surface area contributed by atoms with Crippen molar-refractivity contribution in [3.05, 3.63) is 94.0 Å². The molecule has 3 aromatic carbocycles. The lowest BCUT2D eigenvalue weighted by Gasteiger charge is -2.27. The third-order valence-corrected chi connectivity index (χ3v) is 5.52. The minimum absolute atomic E-state index is 0.167. The molecule has 8 heteroatoms. The molecule has 1 fully saturated rings. The SMILES string of the molecule is COc1cc(/C=C2\C(=O)NC(=O)N(c3ccccc3C)C2=O)ccc1OCc1ccc(Cl)cc1. The van der Waals surface area contributed by atoms with Gasteiger partial charge < -0.3 is 9.47 Å². The van der Waals surface area contributed by atoms with E-state index in [0.717, 1.165) is 16.0 Å². The minimum Gasteiger partial charge on any atom is -0.493 e. The number of hydrogen-bond acceptors (Lipinski definition) is 5. The first-order valence-corrected chi connectivity index (χ1v) is 10.8. The number of anilines is 1. The Hall–Kier alpha value is -4.10. The van der Waals surface area contributed by atoms with Crippen LogP contribution >= 0.6 is 11.6 Å². The number of hydrogen-bond donors (Lipinski definition) is 1. The van der Waals surface area contributed by atoms with E-state index in [1.165, 1.54) is 13.2 Å². The summed E-state index contributed by atoms with van der Waals surface area (Å²) >= 11 is 5.91. The van der Waals surface area contributed by atoms with Gasteiger partial charge in [-0.05, 0) is 60.0 Å². The summed E-state index contributed by atoms with van der Waals surface area (Å²) in [5, 5.41) is 2.87. The monoisotopic (exact) mass is 476 g/mol. The van der Waals surface area contributed by atoms with E-state index in [9.17, 15) is 14.4 Å². The number of nitrogens with one attached hydrogen (secondary N) is 1. The van der Waals surface area contributed by atoms with Crippen molar-refractivity contribution in [2.75, 3.05) is 12.0 Å². The van der Waals surface area contributed by atoms with Crippen molar-refractivity contribution in [2.24, 2.45) is 0 Å². The number of rotatable bonds is 6. The zero-order valence-electron chi connectivity index (χ0n) is 18.5. The van der Waals surface area contributed by atoms with Gasteiger partial charge in [-0.15, -0.1) is 0 Å². The summed E-state index contributed by atoms with van der Waals surface area (Å²) in [5.41, 5.74) is 2.44. The molecule has 0 aromatic heterocycles. The molecule has 4 rings (SSSR count). The van der Waals surface area contributed by atoms with Crippen LogP contribution in [0.15, 0.2) is 72.3 Å². The van der Waals surface area contributed by atoms with E-state index in [0.29, 0.717) is 34.4 Å². The van der Waals surface area contributed by atoms with Gasteiger partial charge in [0.25, 0.3) is 11.8 Å². The average Bonchev–Trinajstić information content (AvgIpc) is 2.83. The number of carbonyl (C=O) groups is 3. The molecule has 34 heavy (non-hydrogen) atoms. The van der Waals surface area contributed by atoms with Crippen molar-refractivity contribution in [1.82, 2.24) is 5.32 Å². The summed E-state index contributed by atoms with van der Waals surface area (Å²) in [6.45, 7) is 2.09. The normalized spacial score (nSPS) is 14.9. The molecule has 0 atom stereocenters. The number of imide groups is 2. The van der Waals surface area contributed by atoms with E-state index >= 15 is 0 Å². The molecule has 0 unspecified atom stereocenters. The Balaban J connectivity index is 1.60. The van der Waals surface area contributed by atoms with Crippen LogP contribution in [0.5, 0.6) is 11.5 Å². The van der Waals surface area contributed by atoms with E-state index in [-0.39, 0.29) is 5.57 Å². The molecule has 1 aliphatic heterocycles. The smallest absolute Gasteiger partial charge is 0.335 e. The molecule has 3 aromatic rings. The van der Waals surface area contributed by atoms with E-state index < -0.39 is 17.8 Å². The van der Waals surface area contributed by atoms with E-state index in [4.69, 9.17) is 21.1 Å². The van der Waals surface area contributed by atoms with Gasteiger partial charge in [-0.3, -0.25) is 14.9 Å². The Morgan fingerprint density at radius 2 is 1.71 bits per heavy atom. The summed E-state index contributed by atoms with van der Waals surface area (Å²) in [7, 11) is 1.50. The van der Waals surface area contributed by atoms with Crippen molar-refractivity contribution in [1.29, 1.82) is 0 Å². The van der Waals surface area contributed by atoms with Crippen LogP contribution in [-0.2, 0) is 16.2 Å². The third-order valence-electron chi connectivity index (χ3n) is 5.26. The van der Waals surface area contributed by atoms with Crippen molar-refractivity contribution < 1.29 is 23.9 Å². The van der Waals surface area contributed by atoms with Gasteiger partial charge in [0.05, 0.1) is 12.8 Å². The highest BCUT2D eigenvalue weighted by molar-refractivity contribution is 6.39. The van der Waals surface area contributed by atoms with E-state index in [2.05, 4.69) is 5.32 Å².